The van der Waals surface area contributed by atoms with Crippen LogP contribution in [0.15, 0.2) is 46.2 Å². The van der Waals surface area contributed by atoms with Crippen LogP contribution in [0.3, 0.4) is 0 Å². The van der Waals surface area contributed by atoms with Crippen molar-refractivity contribution in [3.05, 3.63) is 51.3 Å². The van der Waals surface area contributed by atoms with Gasteiger partial charge in [0, 0.05) is 16.7 Å². The first-order valence-corrected chi connectivity index (χ1v) is 8.61. The molecule has 22 heavy (non-hydrogen) atoms. The highest BCUT2D eigenvalue weighted by molar-refractivity contribution is 8.79. The number of benzene rings is 1. The van der Waals surface area contributed by atoms with Crippen molar-refractivity contribution in [2.24, 2.45) is 0 Å². The highest BCUT2D eigenvalue weighted by Crippen LogP contribution is 2.40. The van der Waals surface area contributed by atoms with E-state index in [9.17, 15) is 13.2 Å². The first kappa shape index (κ1) is 19.3. The van der Waals surface area contributed by atoms with Gasteiger partial charge in [-0.15, -0.1) is 0 Å². The molecule has 1 aliphatic heterocycles. The van der Waals surface area contributed by atoms with Crippen LogP contribution in [-0.4, -0.2) is 24.5 Å². The number of hydrogen-bond acceptors (Lipinski definition) is 4. The van der Waals surface area contributed by atoms with E-state index in [4.69, 9.17) is 21.4 Å². The zero-order valence-corrected chi connectivity index (χ0v) is 14.0. The third-order valence-corrected chi connectivity index (χ3v) is 4.95. The van der Waals surface area contributed by atoms with Gasteiger partial charge in [0.2, 0.25) is 0 Å². The molecule has 0 aliphatic carbocycles. The van der Waals surface area contributed by atoms with Crippen molar-refractivity contribution in [3.63, 3.8) is 0 Å². The normalized spacial score (nSPS) is 14.5. The third kappa shape index (κ3) is 8.63. The second kappa shape index (κ2) is 9.39. The average molecular weight is 371 g/mol. The number of para-hydroxylation sites is 1. The number of hydrogen-bond donors (Lipinski definition) is 1. The lowest BCUT2D eigenvalue weighted by atomic mass is 10.3. The zero-order chi connectivity index (χ0) is 16.6. The van der Waals surface area contributed by atoms with Crippen LogP contribution in [0.2, 0.25) is 5.02 Å². The van der Waals surface area contributed by atoms with Crippen LogP contribution in [0, 0.1) is 0 Å². The quantitative estimate of drug-likeness (QED) is 0.714. The summed E-state index contributed by atoms with van der Waals surface area (Å²) in [7, 11) is 3.16. The van der Waals surface area contributed by atoms with Crippen molar-refractivity contribution in [2.45, 2.75) is 13.1 Å². The van der Waals surface area contributed by atoms with E-state index < -0.39 is 6.18 Å². The topological polar surface area (TPSA) is 29.5 Å². The maximum absolute atomic E-state index is 10.4. The molecule has 0 fully saturated rings. The molecule has 0 bridgehead atoms. The minimum absolute atomic E-state index is 0.0901. The standard InChI is InChI=1S/C12H11ClO2S2.C2H3F3/c13-11-3-1-2-4-12(11)15-8-10-6-5-9(7-14)16-17-10;1-2(3,4)5/h1-6,14H,7-8H2;1H3. The van der Waals surface area contributed by atoms with Crippen molar-refractivity contribution < 1.29 is 23.0 Å². The van der Waals surface area contributed by atoms with Gasteiger partial charge in [-0.25, -0.2) is 0 Å². The van der Waals surface area contributed by atoms with E-state index in [0.717, 1.165) is 9.81 Å². The molecular formula is C14H14ClF3O2S2. The summed E-state index contributed by atoms with van der Waals surface area (Å²) in [6.45, 7) is 0.774. The molecule has 2 nitrogen and oxygen atoms in total. The first-order chi connectivity index (χ1) is 10.3. The van der Waals surface area contributed by atoms with Crippen molar-refractivity contribution in [1.82, 2.24) is 0 Å². The molecule has 0 aromatic heterocycles. The van der Waals surface area contributed by atoms with Gasteiger partial charge in [0.25, 0.3) is 0 Å². The highest BCUT2D eigenvalue weighted by Gasteiger charge is 2.15. The van der Waals surface area contributed by atoms with Crippen LogP contribution in [0.1, 0.15) is 6.92 Å². The van der Waals surface area contributed by atoms with Gasteiger partial charge in [-0.05, 0) is 24.3 Å². The molecule has 1 N–H and O–H groups in total. The fourth-order valence-electron chi connectivity index (χ4n) is 1.21. The van der Waals surface area contributed by atoms with Crippen LogP contribution in [0.5, 0.6) is 5.75 Å². The predicted octanol–water partition coefficient (Wildman–Crippen LogP) is 5.44. The molecule has 0 saturated carbocycles. The minimum Gasteiger partial charge on any atom is -0.487 e. The molecule has 0 radical (unpaired) electrons. The van der Waals surface area contributed by atoms with E-state index in [0.29, 0.717) is 17.4 Å². The van der Waals surface area contributed by atoms with E-state index in [1.807, 2.05) is 30.4 Å². The van der Waals surface area contributed by atoms with E-state index >= 15 is 0 Å². The number of alkyl halides is 3. The molecule has 1 aromatic carbocycles. The summed E-state index contributed by atoms with van der Waals surface area (Å²) < 4.78 is 36.7. The molecule has 0 saturated heterocycles. The van der Waals surface area contributed by atoms with Crippen LogP contribution in [-0.2, 0) is 0 Å². The molecule has 1 aliphatic rings. The number of aliphatic hydroxyl groups excluding tert-OH is 1. The summed E-state index contributed by atoms with van der Waals surface area (Å²) >= 11 is 5.99. The van der Waals surface area contributed by atoms with E-state index in [1.54, 1.807) is 27.7 Å². The molecule has 2 rings (SSSR count). The smallest absolute Gasteiger partial charge is 0.386 e. The number of aliphatic hydroxyl groups is 1. The van der Waals surface area contributed by atoms with Gasteiger partial charge in [-0.3, -0.25) is 0 Å². The number of rotatable bonds is 4. The Morgan fingerprint density at radius 3 is 2.18 bits per heavy atom. The number of halogens is 4. The molecule has 122 valence electrons. The summed E-state index contributed by atoms with van der Waals surface area (Å²) in [5.41, 5.74) is 0. The maximum atomic E-state index is 10.4. The largest absolute Gasteiger partial charge is 0.487 e. The summed E-state index contributed by atoms with van der Waals surface area (Å²) in [4.78, 5) is 2.06. The van der Waals surface area contributed by atoms with E-state index in [2.05, 4.69) is 0 Å². The minimum atomic E-state index is -4.00. The van der Waals surface area contributed by atoms with Gasteiger partial charge in [-0.1, -0.05) is 45.3 Å². The van der Waals surface area contributed by atoms with Gasteiger partial charge in [0.05, 0.1) is 11.6 Å². The van der Waals surface area contributed by atoms with Crippen molar-refractivity contribution in [2.75, 3.05) is 13.2 Å². The second-order valence-corrected chi connectivity index (χ2v) is 6.88. The zero-order valence-electron chi connectivity index (χ0n) is 11.6. The third-order valence-electron chi connectivity index (χ3n) is 2.07. The number of allylic oxidation sites excluding steroid dienone is 2. The van der Waals surface area contributed by atoms with E-state index in [1.165, 1.54) is 0 Å². The van der Waals surface area contributed by atoms with Crippen LogP contribution in [0.4, 0.5) is 13.2 Å². The average Bonchev–Trinajstić information content (AvgIpc) is 2.45. The lowest BCUT2D eigenvalue weighted by molar-refractivity contribution is -0.110. The van der Waals surface area contributed by atoms with E-state index in [-0.39, 0.29) is 13.5 Å². The Bertz CT molecular complexity index is 539. The molecule has 0 amide bonds. The van der Waals surface area contributed by atoms with Crippen molar-refractivity contribution >= 4 is 33.2 Å². The summed E-state index contributed by atoms with van der Waals surface area (Å²) in [6, 6.07) is 7.41. The van der Waals surface area contributed by atoms with Gasteiger partial charge in [-0.2, -0.15) is 13.2 Å². The Morgan fingerprint density at radius 1 is 1.14 bits per heavy atom. The lowest BCUT2D eigenvalue weighted by Gasteiger charge is -2.13. The Kier molecular flexibility index (Phi) is 8.24. The lowest BCUT2D eigenvalue weighted by Crippen LogP contribution is -2.00. The SMILES string of the molecule is CC(F)(F)F.OCC1=CC=C(COc2ccccc2Cl)SS1. The molecular weight excluding hydrogens is 357 g/mol. The van der Waals surface area contributed by atoms with Gasteiger partial charge in [0.15, 0.2) is 0 Å². The predicted molar refractivity (Wildman–Crippen MR) is 87.1 cm³/mol. The molecule has 1 heterocycles. The first-order valence-electron chi connectivity index (χ1n) is 6.09. The second-order valence-electron chi connectivity index (χ2n) is 4.09. The fourth-order valence-corrected chi connectivity index (χ4v) is 3.30. The van der Waals surface area contributed by atoms with Crippen molar-refractivity contribution in [1.29, 1.82) is 0 Å². The van der Waals surface area contributed by atoms with Gasteiger partial charge < -0.3 is 9.84 Å². The Hall–Kier alpha value is -0.760. The maximum Gasteiger partial charge on any atom is 0.386 e. The molecule has 0 unspecified atom stereocenters. The van der Waals surface area contributed by atoms with Crippen LogP contribution < -0.4 is 4.74 Å². The van der Waals surface area contributed by atoms with Gasteiger partial charge >= 0.3 is 6.18 Å². The molecule has 1 aromatic rings. The summed E-state index contributed by atoms with van der Waals surface area (Å²) in [5, 5.41) is 9.56. The fraction of sp³-hybridized carbons (Fsp3) is 0.286. The summed E-state index contributed by atoms with van der Waals surface area (Å²) in [6.07, 6.45) is -0.129. The Morgan fingerprint density at radius 2 is 1.68 bits per heavy atom. The van der Waals surface area contributed by atoms with Crippen LogP contribution >= 0.6 is 33.2 Å². The molecule has 0 atom stereocenters. The highest BCUT2D eigenvalue weighted by atomic mass is 35.5. The number of ether oxygens (including phenoxy) is 1. The Labute approximate surface area is 139 Å². The summed E-state index contributed by atoms with van der Waals surface area (Å²) in [5.74, 6) is 0.692. The molecule has 8 heteroatoms. The van der Waals surface area contributed by atoms with Gasteiger partial charge in [0.1, 0.15) is 12.4 Å². The monoisotopic (exact) mass is 370 g/mol. The van der Waals surface area contributed by atoms with Crippen molar-refractivity contribution in [3.8, 4) is 5.75 Å². The molecule has 0 spiro atoms. The van der Waals surface area contributed by atoms with Crippen LogP contribution in [0.25, 0.3) is 0 Å². The Balaban J connectivity index is 0.000000422.